The Hall–Kier alpha value is -2.52. The highest BCUT2D eigenvalue weighted by molar-refractivity contribution is 7.15. The predicted octanol–water partition coefficient (Wildman–Crippen LogP) is 5.84. The van der Waals surface area contributed by atoms with E-state index in [0.29, 0.717) is 10.9 Å². The monoisotopic (exact) mass is 436 g/mol. The predicted molar refractivity (Wildman–Crippen MR) is 114 cm³/mol. The van der Waals surface area contributed by atoms with Crippen LogP contribution < -0.4 is 5.32 Å². The zero-order valence-electron chi connectivity index (χ0n) is 16.7. The van der Waals surface area contributed by atoms with Gasteiger partial charge in [-0.1, -0.05) is 6.58 Å². The number of aliphatic hydroxyl groups is 1. The number of nitrogens with zero attached hydrogens (tertiary/aromatic N) is 2. The Bertz CT molecular complexity index is 985. The van der Waals surface area contributed by atoms with Crippen molar-refractivity contribution in [3.8, 4) is 10.4 Å². The zero-order chi connectivity index (χ0) is 22.1. The number of halogens is 3. The number of anilines is 1. The van der Waals surface area contributed by atoms with E-state index in [1.807, 2.05) is 12.1 Å². The Morgan fingerprint density at radius 2 is 2.07 bits per heavy atom. The van der Waals surface area contributed by atoms with Crippen molar-refractivity contribution < 1.29 is 18.3 Å². The molecule has 9 heteroatoms. The van der Waals surface area contributed by atoms with Gasteiger partial charge in [0, 0.05) is 24.5 Å². The molecule has 160 valence electrons. The molecule has 5 nitrogen and oxygen atoms in total. The number of thiazole rings is 1. The van der Waals surface area contributed by atoms with Gasteiger partial charge in [0.1, 0.15) is 22.1 Å². The van der Waals surface area contributed by atoms with Gasteiger partial charge in [0.05, 0.1) is 4.88 Å². The normalized spacial score (nSPS) is 14.9. The number of benzene rings is 1. The van der Waals surface area contributed by atoms with E-state index in [4.69, 9.17) is 5.41 Å². The highest BCUT2D eigenvalue weighted by Gasteiger charge is 2.33. The lowest BCUT2D eigenvalue weighted by molar-refractivity contribution is -0.0604. The van der Waals surface area contributed by atoms with Crippen molar-refractivity contribution in [2.45, 2.75) is 50.8 Å². The van der Waals surface area contributed by atoms with Gasteiger partial charge in [-0.3, -0.25) is 0 Å². The molecule has 1 heterocycles. The molecule has 0 aliphatic heterocycles. The topological polar surface area (TPSA) is 81.4 Å². The van der Waals surface area contributed by atoms with Crippen LogP contribution in [0.1, 0.15) is 49.6 Å². The Kier molecular flexibility index (Phi) is 6.14. The molecule has 30 heavy (non-hydrogen) atoms. The number of hydrogen-bond donors (Lipinski definition) is 3. The van der Waals surface area contributed by atoms with Crippen LogP contribution in [0.4, 0.5) is 18.9 Å². The van der Waals surface area contributed by atoms with Gasteiger partial charge in [0.25, 0.3) is 0 Å². The average Bonchev–Trinajstić information content (AvgIpc) is 3.35. The molecular weight excluding hydrogens is 413 g/mol. The van der Waals surface area contributed by atoms with Crippen molar-refractivity contribution in [2.24, 2.45) is 4.99 Å². The molecule has 1 aromatic carbocycles. The first-order valence-corrected chi connectivity index (χ1v) is 10.2. The van der Waals surface area contributed by atoms with Gasteiger partial charge in [0.15, 0.2) is 0 Å². The number of alkyl halides is 3. The van der Waals surface area contributed by atoms with E-state index in [-0.39, 0.29) is 5.82 Å². The van der Waals surface area contributed by atoms with Crippen molar-refractivity contribution in [2.75, 3.05) is 5.32 Å². The smallest absolute Gasteiger partial charge is 0.383 e. The van der Waals surface area contributed by atoms with Gasteiger partial charge >= 0.3 is 6.18 Å². The number of rotatable bonds is 8. The molecule has 0 atom stereocenters. The summed E-state index contributed by atoms with van der Waals surface area (Å²) >= 11 is 1.41. The fraction of sp³-hybridized carbons (Fsp3) is 0.381. The van der Waals surface area contributed by atoms with Crippen LogP contribution in [0.25, 0.3) is 10.4 Å². The summed E-state index contributed by atoms with van der Waals surface area (Å²) < 4.78 is 37.2. The molecule has 0 amide bonds. The quantitative estimate of drug-likeness (QED) is 0.455. The van der Waals surface area contributed by atoms with Gasteiger partial charge in [-0.2, -0.15) is 13.2 Å². The third-order valence-corrected chi connectivity index (χ3v) is 5.85. The third-order valence-electron chi connectivity index (χ3n) is 4.49. The summed E-state index contributed by atoms with van der Waals surface area (Å²) in [5.74, 6) is 0.668. The van der Waals surface area contributed by atoms with Crippen molar-refractivity contribution in [3.05, 3.63) is 47.4 Å². The minimum absolute atomic E-state index is 0.186. The fourth-order valence-electron chi connectivity index (χ4n) is 2.77. The van der Waals surface area contributed by atoms with Gasteiger partial charge in [-0.05, 0) is 61.9 Å². The van der Waals surface area contributed by atoms with Gasteiger partial charge in [-0.15, -0.1) is 11.3 Å². The van der Waals surface area contributed by atoms with Crippen molar-refractivity contribution in [1.82, 2.24) is 4.98 Å². The Morgan fingerprint density at radius 3 is 2.63 bits per heavy atom. The molecule has 1 fully saturated rings. The lowest BCUT2D eigenvalue weighted by Crippen LogP contribution is -2.21. The van der Waals surface area contributed by atoms with E-state index in [9.17, 15) is 18.3 Å². The molecule has 0 saturated heterocycles. The SMILES string of the molecule is C=C(N=CCC(=N)C(F)(F)F)Nc1cc(-c2cnc(C(C)(C)O)s2)cc(C2CC2)c1. The first-order chi connectivity index (χ1) is 13.9. The molecule has 1 aliphatic carbocycles. The largest absolute Gasteiger partial charge is 0.429 e. The number of aromatic nitrogens is 1. The van der Waals surface area contributed by atoms with Gasteiger partial charge < -0.3 is 15.8 Å². The maximum atomic E-state index is 12.4. The molecule has 0 unspecified atom stereocenters. The summed E-state index contributed by atoms with van der Waals surface area (Å²) in [6.07, 6.45) is -0.291. The lowest BCUT2D eigenvalue weighted by Gasteiger charge is -2.13. The number of hydrogen-bond acceptors (Lipinski definition) is 6. The Balaban J connectivity index is 1.77. The van der Waals surface area contributed by atoms with Crippen LogP contribution in [0.15, 0.2) is 41.8 Å². The second-order valence-corrected chi connectivity index (χ2v) is 8.80. The highest BCUT2D eigenvalue weighted by Crippen LogP contribution is 2.43. The molecule has 1 saturated carbocycles. The zero-order valence-corrected chi connectivity index (χ0v) is 17.5. The van der Waals surface area contributed by atoms with E-state index >= 15 is 0 Å². The fourth-order valence-corrected chi connectivity index (χ4v) is 3.68. The minimum Gasteiger partial charge on any atom is -0.383 e. The maximum absolute atomic E-state index is 12.4. The molecule has 3 rings (SSSR count). The van der Waals surface area contributed by atoms with Crippen LogP contribution >= 0.6 is 11.3 Å². The molecule has 0 radical (unpaired) electrons. The Labute approximate surface area is 176 Å². The molecule has 1 aliphatic rings. The summed E-state index contributed by atoms with van der Waals surface area (Å²) in [5, 5.41) is 20.8. The number of nitrogens with one attached hydrogen (secondary N) is 2. The van der Waals surface area contributed by atoms with Crippen LogP contribution in [-0.2, 0) is 5.60 Å². The minimum atomic E-state index is -4.65. The summed E-state index contributed by atoms with van der Waals surface area (Å²) in [7, 11) is 0. The average molecular weight is 437 g/mol. The molecule has 1 aromatic heterocycles. The second kappa shape index (κ2) is 8.31. The van der Waals surface area contributed by atoms with Crippen LogP contribution in [-0.4, -0.2) is 28.2 Å². The third kappa shape index (κ3) is 5.76. The van der Waals surface area contributed by atoms with Gasteiger partial charge in [-0.25, -0.2) is 9.98 Å². The summed E-state index contributed by atoms with van der Waals surface area (Å²) in [6.45, 7) is 7.10. The first kappa shape index (κ1) is 22.2. The van der Waals surface area contributed by atoms with Crippen molar-refractivity contribution >= 4 is 29.0 Å². The summed E-state index contributed by atoms with van der Waals surface area (Å²) in [5.41, 5.74) is 0.436. The van der Waals surface area contributed by atoms with E-state index in [0.717, 1.165) is 40.7 Å². The summed E-state index contributed by atoms with van der Waals surface area (Å²) in [4.78, 5) is 9.11. The molecule has 3 N–H and O–H groups in total. The summed E-state index contributed by atoms with van der Waals surface area (Å²) in [6, 6.07) is 5.98. The van der Waals surface area contributed by atoms with Crippen LogP contribution in [0.5, 0.6) is 0 Å². The lowest BCUT2D eigenvalue weighted by atomic mass is 10.0. The maximum Gasteiger partial charge on any atom is 0.429 e. The standard InChI is InChI=1S/C21H23F3N4OS/c1-12(26-7-6-18(25)21(22,23)24)28-16-9-14(13-4-5-13)8-15(10-16)17-11-27-19(30-17)20(2,3)29/h7-11,13,25,28-29H,1,4-6H2,2-3H3. The van der Waals surface area contributed by atoms with Crippen molar-refractivity contribution in [3.63, 3.8) is 0 Å². The first-order valence-electron chi connectivity index (χ1n) is 9.40. The highest BCUT2D eigenvalue weighted by atomic mass is 32.1. The van der Waals surface area contributed by atoms with E-state index < -0.39 is 23.9 Å². The molecular formula is C21H23F3N4OS. The second-order valence-electron chi connectivity index (χ2n) is 7.77. The molecule has 0 spiro atoms. The van der Waals surface area contributed by atoms with Gasteiger partial charge in [0.2, 0.25) is 0 Å². The van der Waals surface area contributed by atoms with E-state index in [2.05, 4.69) is 27.9 Å². The van der Waals surface area contributed by atoms with E-state index in [1.165, 1.54) is 11.3 Å². The number of aliphatic imine (C=N–C) groups is 1. The van der Waals surface area contributed by atoms with Crippen LogP contribution in [0.3, 0.4) is 0 Å². The van der Waals surface area contributed by atoms with Crippen molar-refractivity contribution in [1.29, 1.82) is 5.41 Å². The molecule has 0 bridgehead atoms. The van der Waals surface area contributed by atoms with Crippen LogP contribution in [0, 0.1) is 5.41 Å². The van der Waals surface area contributed by atoms with E-state index in [1.54, 1.807) is 20.0 Å². The Morgan fingerprint density at radius 1 is 1.37 bits per heavy atom. The molecule has 2 aromatic rings. The van der Waals surface area contributed by atoms with Crippen LogP contribution in [0.2, 0.25) is 0 Å².